The van der Waals surface area contributed by atoms with Gasteiger partial charge in [0.2, 0.25) is 0 Å². The van der Waals surface area contributed by atoms with Crippen molar-refractivity contribution in [1.82, 2.24) is 9.55 Å². The Kier molecular flexibility index (Phi) is 7.79. The smallest absolute Gasteiger partial charge is 0.108 e. The summed E-state index contributed by atoms with van der Waals surface area (Å²) in [7, 11) is 0. The van der Waals surface area contributed by atoms with Crippen LogP contribution in [0.1, 0.15) is 71.5 Å². The van der Waals surface area contributed by atoms with Gasteiger partial charge in [-0.3, -0.25) is 0 Å². The first-order valence-electron chi connectivity index (χ1n) is 7.81. The summed E-state index contributed by atoms with van der Waals surface area (Å²) in [4.78, 5) is 4.52. The lowest BCUT2D eigenvalue weighted by Gasteiger charge is -2.16. The van der Waals surface area contributed by atoms with Gasteiger partial charge in [0.25, 0.3) is 0 Å². The molecule has 0 amide bonds. The van der Waals surface area contributed by atoms with Crippen molar-refractivity contribution in [3.05, 3.63) is 18.2 Å². The second-order valence-corrected chi connectivity index (χ2v) is 5.34. The molecule has 0 aromatic carbocycles. The maximum atomic E-state index is 4.52. The summed E-state index contributed by atoms with van der Waals surface area (Å²) in [5.74, 6) is 2.12. The Morgan fingerprint density at radius 1 is 1.06 bits per heavy atom. The van der Waals surface area contributed by atoms with Crippen LogP contribution < -0.4 is 0 Å². The molecule has 18 heavy (non-hydrogen) atoms. The fraction of sp³-hybridized carbons (Fsp3) is 0.812. The lowest BCUT2D eigenvalue weighted by molar-refractivity contribution is 0.406. The highest BCUT2D eigenvalue weighted by Crippen LogP contribution is 2.20. The zero-order chi connectivity index (χ0) is 13.2. The van der Waals surface area contributed by atoms with Gasteiger partial charge in [0.15, 0.2) is 0 Å². The number of unbranched alkanes of at least 4 members (excludes halogenated alkanes) is 3. The largest absolute Gasteiger partial charge is 0.335 e. The predicted octanol–water partition coefficient (Wildman–Crippen LogP) is 4.83. The number of nitrogens with zero attached hydrogens (tertiary/aromatic N) is 2. The number of aromatic nitrogens is 2. The monoisotopic (exact) mass is 250 g/mol. The predicted molar refractivity (Wildman–Crippen MR) is 78.8 cm³/mol. The zero-order valence-electron chi connectivity index (χ0n) is 12.5. The van der Waals surface area contributed by atoms with Gasteiger partial charge in [0.1, 0.15) is 5.82 Å². The summed E-state index contributed by atoms with van der Waals surface area (Å²) in [6.07, 6.45) is 14.8. The number of hydrogen-bond acceptors (Lipinski definition) is 1. The molecule has 1 unspecified atom stereocenters. The molecule has 0 saturated carbocycles. The van der Waals surface area contributed by atoms with E-state index in [9.17, 15) is 0 Å². The Morgan fingerprint density at radius 3 is 2.56 bits per heavy atom. The molecule has 0 aliphatic rings. The van der Waals surface area contributed by atoms with Crippen LogP contribution in [0.15, 0.2) is 12.4 Å². The summed E-state index contributed by atoms with van der Waals surface area (Å²) >= 11 is 0. The van der Waals surface area contributed by atoms with Crippen molar-refractivity contribution >= 4 is 0 Å². The Hall–Kier alpha value is -0.790. The van der Waals surface area contributed by atoms with E-state index in [4.69, 9.17) is 0 Å². The molecule has 0 saturated heterocycles. The Bertz CT molecular complexity index is 304. The number of hydrogen-bond donors (Lipinski definition) is 0. The molecule has 1 aromatic rings. The Morgan fingerprint density at radius 2 is 1.89 bits per heavy atom. The molecule has 0 aliphatic heterocycles. The molecular weight excluding hydrogens is 220 g/mol. The van der Waals surface area contributed by atoms with Gasteiger partial charge in [-0.15, -0.1) is 0 Å². The first kappa shape index (κ1) is 15.3. The molecule has 0 fully saturated rings. The second-order valence-electron chi connectivity index (χ2n) is 5.34. The van der Waals surface area contributed by atoms with Crippen LogP contribution in [0.25, 0.3) is 0 Å². The quantitative estimate of drug-likeness (QED) is 0.544. The highest BCUT2D eigenvalue weighted by atomic mass is 15.0. The Labute approximate surface area is 113 Å². The summed E-state index contributed by atoms with van der Waals surface area (Å²) in [5, 5.41) is 0. The molecule has 0 bridgehead atoms. The van der Waals surface area contributed by atoms with E-state index >= 15 is 0 Å². The van der Waals surface area contributed by atoms with Gasteiger partial charge in [-0.1, -0.05) is 58.8 Å². The van der Waals surface area contributed by atoms with E-state index in [0.29, 0.717) is 0 Å². The molecule has 0 N–H and O–H groups in total. The van der Waals surface area contributed by atoms with Crippen molar-refractivity contribution in [2.45, 2.75) is 78.7 Å². The topological polar surface area (TPSA) is 17.8 Å². The van der Waals surface area contributed by atoms with E-state index in [-0.39, 0.29) is 0 Å². The van der Waals surface area contributed by atoms with Crippen LogP contribution in [0.5, 0.6) is 0 Å². The standard InChI is InChI=1S/C16H30N2/c1-4-7-8-9-11-15(10-5-2)14-16-17-12-13-18(16)6-3/h12-13,15H,4-11,14H2,1-3H3. The third-order valence-electron chi connectivity index (χ3n) is 3.78. The molecule has 0 spiro atoms. The van der Waals surface area contributed by atoms with Gasteiger partial charge in [-0.05, 0) is 12.8 Å². The molecule has 1 rings (SSSR count). The first-order chi connectivity index (χ1) is 8.81. The van der Waals surface area contributed by atoms with Crippen molar-refractivity contribution in [1.29, 1.82) is 0 Å². The average Bonchev–Trinajstić information content (AvgIpc) is 2.82. The maximum absolute atomic E-state index is 4.52. The van der Waals surface area contributed by atoms with Crippen LogP contribution in [0, 0.1) is 5.92 Å². The summed E-state index contributed by atoms with van der Waals surface area (Å²) in [6.45, 7) is 7.82. The highest BCUT2D eigenvalue weighted by Gasteiger charge is 2.12. The van der Waals surface area contributed by atoms with E-state index in [1.807, 2.05) is 6.20 Å². The molecule has 2 heteroatoms. The van der Waals surface area contributed by atoms with Crippen molar-refractivity contribution in [3.63, 3.8) is 0 Å². The summed E-state index contributed by atoms with van der Waals surface area (Å²) in [5.41, 5.74) is 0. The van der Waals surface area contributed by atoms with E-state index < -0.39 is 0 Å². The second kappa shape index (κ2) is 9.18. The number of aryl methyl sites for hydroxylation is 1. The third kappa shape index (κ3) is 5.24. The van der Waals surface area contributed by atoms with E-state index in [1.54, 1.807) is 0 Å². The van der Waals surface area contributed by atoms with Crippen molar-refractivity contribution in [3.8, 4) is 0 Å². The summed E-state index contributed by atoms with van der Waals surface area (Å²) < 4.78 is 2.29. The normalized spacial score (nSPS) is 12.8. The minimum absolute atomic E-state index is 0.833. The first-order valence-corrected chi connectivity index (χ1v) is 7.81. The number of rotatable bonds is 10. The van der Waals surface area contributed by atoms with Crippen LogP contribution in [-0.4, -0.2) is 9.55 Å². The van der Waals surface area contributed by atoms with Crippen LogP contribution in [0.4, 0.5) is 0 Å². The van der Waals surface area contributed by atoms with Gasteiger partial charge in [-0.25, -0.2) is 4.98 Å². The molecular formula is C16H30N2. The Balaban J connectivity index is 2.41. The minimum atomic E-state index is 0.833. The van der Waals surface area contributed by atoms with Crippen LogP contribution in [0.2, 0.25) is 0 Å². The van der Waals surface area contributed by atoms with Gasteiger partial charge in [-0.2, -0.15) is 0 Å². The maximum Gasteiger partial charge on any atom is 0.108 e. The molecule has 1 heterocycles. The zero-order valence-corrected chi connectivity index (χ0v) is 12.5. The van der Waals surface area contributed by atoms with Gasteiger partial charge >= 0.3 is 0 Å². The molecule has 0 aliphatic carbocycles. The van der Waals surface area contributed by atoms with Gasteiger partial charge < -0.3 is 4.57 Å². The fourth-order valence-electron chi connectivity index (χ4n) is 2.69. The lowest BCUT2D eigenvalue weighted by atomic mass is 9.93. The van der Waals surface area contributed by atoms with Crippen molar-refractivity contribution in [2.24, 2.45) is 5.92 Å². The molecule has 2 nitrogen and oxygen atoms in total. The lowest BCUT2D eigenvalue weighted by Crippen LogP contribution is -2.10. The van der Waals surface area contributed by atoms with Crippen LogP contribution in [-0.2, 0) is 13.0 Å². The van der Waals surface area contributed by atoms with Crippen LogP contribution >= 0.6 is 0 Å². The molecule has 104 valence electrons. The van der Waals surface area contributed by atoms with Crippen molar-refractivity contribution < 1.29 is 0 Å². The van der Waals surface area contributed by atoms with Gasteiger partial charge in [0.05, 0.1) is 0 Å². The van der Waals surface area contributed by atoms with E-state index in [2.05, 4.69) is 36.5 Å². The van der Waals surface area contributed by atoms with Crippen molar-refractivity contribution in [2.75, 3.05) is 0 Å². The average molecular weight is 250 g/mol. The summed E-state index contributed by atoms with van der Waals surface area (Å²) in [6, 6.07) is 0. The fourth-order valence-corrected chi connectivity index (χ4v) is 2.69. The van der Waals surface area contributed by atoms with Crippen LogP contribution in [0.3, 0.4) is 0 Å². The third-order valence-corrected chi connectivity index (χ3v) is 3.78. The SMILES string of the molecule is CCCCCCC(CCC)Cc1nccn1CC. The van der Waals surface area contributed by atoms with Gasteiger partial charge in [0, 0.05) is 25.4 Å². The molecule has 1 aromatic heterocycles. The highest BCUT2D eigenvalue weighted by molar-refractivity contribution is 4.93. The van der Waals surface area contributed by atoms with E-state index in [1.165, 1.54) is 57.2 Å². The molecule has 1 atom stereocenters. The van der Waals surface area contributed by atoms with E-state index in [0.717, 1.165) is 12.5 Å². The number of imidazole rings is 1. The molecule has 0 radical (unpaired) electrons. The minimum Gasteiger partial charge on any atom is -0.335 e.